The van der Waals surface area contributed by atoms with Crippen LogP contribution in [0.25, 0.3) is 10.9 Å². The van der Waals surface area contributed by atoms with Crippen LogP contribution >= 0.6 is 0 Å². The quantitative estimate of drug-likeness (QED) is 0.429. The fourth-order valence-corrected chi connectivity index (χ4v) is 5.17. The van der Waals surface area contributed by atoms with Crippen molar-refractivity contribution in [3.63, 3.8) is 0 Å². The lowest BCUT2D eigenvalue weighted by molar-refractivity contribution is 0.149. The number of H-pyrrole nitrogens is 1. The van der Waals surface area contributed by atoms with Crippen LogP contribution in [-0.4, -0.2) is 63.5 Å². The normalized spacial score (nSPS) is 17.1. The molecule has 0 unspecified atom stereocenters. The molecule has 1 N–H and O–H groups in total. The molecule has 0 spiro atoms. The lowest BCUT2D eigenvalue weighted by Crippen LogP contribution is -2.40. The van der Waals surface area contributed by atoms with Crippen LogP contribution in [0.3, 0.4) is 0 Å². The third-order valence-corrected chi connectivity index (χ3v) is 7.31. The van der Waals surface area contributed by atoms with Crippen LogP contribution in [0.2, 0.25) is 0 Å². The average molecular weight is 503 g/mol. The number of rotatable bonds is 6. The van der Waals surface area contributed by atoms with Crippen LogP contribution in [0, 0.1) is 5.92 Å². The van der Waals surface area contributed by atoms with Crippen LogP contribution in [0.4, 0.5) is 0 Å². The summed E-state index contributed by atoms with van der Waals surface area (Å²) in [5, 5.41) is 13.7. The molecule has 1 fully saturated rings. The molecule has 10 heteroatoms. The molecule has 6 rings (SSSR count). The van der Waals surface area contributed by atoms with Gasteiger partial charge in [0.05, 0.1) is 19.2 Å². The molecule has 2 aliphatic heterocycles. The molecule has 1 saturated heterocycles. The summed E-state index contributed by atoms with van der Waals surface area (Å²) in [4.78, 5) is 18.9. The van der Waals surface area contributed by atoms with E-state index < -0.39 is 0 Å². The van der Waals surface area contributed by atoms with Gasteiger partial charge in [-0.15, -0.1) is 5.10 Å². The van der Waals surface area contributed by atoms with Crippen LogP contribution < -0.4 is 19.8 Å². The van der Waals surface area contributed by atoms with E-state index in [4.69, 9.17) is 14.2 Å². The molecule has 2 aromatic carbocycles. The number of nitrogens with one attached hydrogen (secondary N) is 1. The molecule has 37 heavy (non-hydrogen) atoms. The monoisotopic (exact) mass is 502 g/mol. The number of hydrogen-bond donors (Lipinski definition) is 1. The Morgan fingerprint density at radius 2 is 1.81 bits per heavy atom. The van der Waals surface area contributed by atoms with Crippen LogP contribution in [0.15, 0.2) is 47.3 Å². The SMILES string of the molecule is COc1ccc(Cn2nnnc2[C@@H](c2cc3cc4c(cc3[nH]c2=O)OCCO4)N2CCC(C)CC2)cc1. The van der Waals surface area contributed by atoms with Crippen LogP contribution in [-0.2, 0) is 6.54 Å². The summed E-state index contributed by atoms with van der Waals surface area (Å²) in [7, 11) is 1.65. The van der Waals surface area contributed by atoms with Gasteiger partial charge in [0, 0.05) is 17.0 Å². The predicted molar refractivity (Wildman–Crippen MR) is 137 cm³/mol. The number of piperidine rings is 1. The molecule has 192 valence electrons. The third kappa shape index (κ3) is 4.64. The van der Waals surface area contributed by atoms with E-state index in [-0.39, 0.29) is 11.6 Å². The first-order chi connectivity index (χ1) is 18.1. The molecule has 10 nitrogen and oxygen atoms in total. The van der Waals surface area contributed by atoms with E-state index in [1.807, 2.05) is 42.5 Å². The van der Waals surface area contributed by atoms with Gasteiger partial charge in [0.25, 0.3) is 5.56 Å². The summed E-state index contributed by atoms with van der Waals surface area (Å²) in [6, 6.07) is 13.2. The number of fused-ring (bicyclic) bond motifs is 2. The molecule has 0 aliphatic carbocycles. The van der Waals surface area contributed by atoms with Crippen molar-refractivity contribution in [3.05, 3.63) is 69.8 Å². The summed E-state index contributed by atoms with van der Waals surface area (Å²) in [6.45, 7) is 5.47. The van der Waals surface area contributed by atoms with Crippen molar-refractivity contribution in [2.75, 3.05) is 33.4 Å². The lowest BCUT2D eigenvalue weighted by atomic mass is 9.95. The highest BCUT2D eigenvalue weighted by atomic mass is 16.6. The van der Waals surface area contributed by atoms with Crippen molar-refractivity contribution in [2.24, 2.45) is 5.92 Å². The molecule has 1 atom stereocenters. The second-order valence-electron chi connectivity index (χ2n) is 9.80. The van der Waals surface area contributed by atoms with Crippen molar-refractivity contribution in [1.29, 1.82) is 0 Å². The smallest absolute Gasteiger partial charge is 0.253 e. The zero-order valence-electron chi connectivity index (χ0n) is 21.0. The molecule has 0 radical (unpaired) electrons. The number of nitrogens with zero attached hydrogens (tertiary/aromatic N) is 5. The van der Waals surface area contributed by atoms with Crippen LogP contribution in [0.5, 0.6) is 17.2 Å². The standard InChI is InChI=1S/C27H30N6O4/c1-17-7-9-32(10-8-17)25(26-29-30-31-33(26)16-18-3-5-20(35-2)6-4-18)21-13-19-14-23-24(37-12-11-36-23)15-22(19)28-27(21)34/h3-6,13-15,17,25H,7-12,16H2,1-2H3,(H,28,34)/t25-/m1/s1. The molecular weight excluding hydrogens is 472 g/mol. The Bertz CT molecular complexity index is 1460. The predicted octanol–water partition coefficient (Wildman–Crippen LogP) is 3.16. The Hall–Kier alpha value is -3.92. The molecule has 0 bridgehead atoms. The van der Waals surface area contributed by atoms with E-state index in [1.54, 1.807) is 11.8 Å². The number of ether oxygens (including phenoxy) is 3. The summed E-state index contributed by atoms with van der Waals surface area (Å²) < 4.78 is 18.6. The van der Waals surface area contributed by atoms with Gasteiger partial charge in [0.15, 0.2) is 17.3 Å². The molecular formula is C27H30N6O4. The van der Waals surface area contributed by atoms with Crippen molar-refractivity contribution in [1.82, 2.24) is 30.1 Å². The summed E-state index contributed by atoms with van der Waals surface area (Å²) in [6.07, 6.45) is 2.11. The van der Waals surface area contributed by atoms with E-state index in [9.17, 15) is 4.79 Å². The second-order valence-corrected chi connectivity index (χ2v) is 9.80. The molecule has 4 aromatic rings. The summed E-state index contributed by atoms with van der Waals surface area (Å²) in [5.74, 6) is 3.41. The van der Waals surface area contributed by atoms with Gasteiger partial charge < -0.3 is 19.2 Å². The van der Waals surface area contributed by atoms with Crippen molar-refractivity contribution < 1.29 is 14.2 Å². The summed E-state index contributed by atoms with van der Waals surface area (Å²) >= 11 is 0. The average Bonchev–Trinajstić information content (AvgIpc) is 3.37. The zero-order chi connectivity index (χ0) is 25.4. The minimum atomic E-state index is -0.387. The first-order valence-corrected chi connectivity index (χ1v) is 12.7. The maximum atomic E-state index is 13.5. The Morgan fingerprint density at radius 1 is 1.08 bits per heavy atom. The Balaban J connectivity index is 1.43. The van der Waals surface area contributed by atoms with E-state index in [0.29, 0.717) is 54.1 Å². The number of hydrogen-bond acceptors (Lipinski definition) is 8. The van der Waals surface area contributed by atoms with Gasteiger partial charge in [0.2, 0.25) is 0 Å². The molecule has 2 aliphatic rings. The first-order valence-electron chi connectivity index (χ1n) is 12.7. The number of aromatic nitrogens is 5. The fraction of sp³-hybridized carbons (Fsp3) is 0.407. The van der Waals surface area contributed by atoms with Gasteiger partial charge >= 0.3 is 0 Å². The molecule has 2 aromatic heterocycles. The van der Waals surface area contributed by atoms with Gasteiger partial charge in [-0.1, -0.05) is 19.1 Å². The Morgan fingerprint density at radius 3 is 2.54 bits per heavy atom. The van der Waals surface area contributed by atoms with Crippen molar-refractivity contribution in [2.45, 2.75) is 32.4 Å². The largest absolute Gasteiger partial charge is 0.497 e. The van der Waals surface area contributed by atoms with Gasteiger partial charge in [-0.05, 0) is 72.1 Å². The number of benzene rings is 2. The maximum absolute atomic E-state index is 13.5. The highest BCUT2D eigenvalue weighted by Crippen LogP contribution is 2.36. The topological polar surface area (TPSA) is 107 Å². The van der Waals surface area contributed by atoms with E-state index in [0.717, 1.165) is 42.6 Å². The fourth-order valence-electron chi connectivity index (χ4n) is 5.17. The Kier molecular flexibility index (Phi) is 6.25. The van der Waals surface area contributed by atoms with E-state index >= 15 is 0 Å². The van der Waals surface area contributed by atoms with Gasteiger partial charge in [-0.2, -0.15) is 0 Å². The maximum Gasteiger partial charge on any atom is 0.253 e. The number of methoxy groups -OCH3 is 1. The molecule has 0 saturated carbocycles. The third-order valence-electron chi connectivity index (χ3n) is 7.31. The number of pyridine rings is 1. The lowest BCUT2D eigenvalue weighted by Gasteiger charge is -2.36. The van der Waals surface area contributed by atoms with Gasteiger partial charge in [0.1, 0.15) is 25.0 Å². The van der Waals surface area contributed by atoms with Crippen molar-refractivity contribution in [3.8, 4) is 17.2 Å². The van der Waals surface area contributed by atoms with Gasteiger partial charge in [-0.25, -0.2) is 4.68 Å². The minimum absolute atomic E-state index is 0.160. The molecule has 4 heterocycles. The van der Waals surface area contributed by atoms with Crippen LogP contribution in [0.1, 0.15) is 42.8 Å². The van der Waals surface area contributed by atoms with E-state index in [1.165, 1.54) is 0 Å². The zero-order valence-corrected chi connectivity index (χ0v) is 21.0. The minimum Gasteiger partial charge on any atom is -0.497 e. The summed E-state index contributed by atoms with van der Waals surface area (Å²) in [5.41, 5.74) is 2.20. The first kappa shape index (κ1) is 23.5. The van der Waals surface area contributed by atoms with Crippen molar-refractivity contribution >= 4 is 10.9 Å². The van der Waals surface area contributed by atoms with E-state index in [2.05, 4.69) is 32.3 Å². The highest BCUT2D eigenvalue weighted by molar-refractivity contribution is 5.83. The highest BCUT2D eigenvalue weighted by Gasteiger charge is 2.32. The second kappa shape index (κ2) is 9.85. The number of likely N-dealkylation sites (tertiary alicyclic amines) is 1. The Labute approximate surface area is 214 Å². The molecule has 0 amide bonds. The van der Waals surface area contributed by atoms with Gasteiger partial charge in [-0.3, -0.25) is 9.69 Å². The number of aromatic amines is 1. The number of tetrazole rings is 1.